The van der Waals surface area contributed by atoms with Crippen molar-refractivity contribution in [1.82, 2.24) is 10.6 Å². The molecule has 0 unspecified atom stereocenters. The normalized spacial score (nSPS) is 15.6. The van der Waals surface area contributed by atoms with Gasteiger partial charge in [0.2, 0.25) is 0 Å². The molecule has 0 amide bonds. The molecule has 132 valence electrons. The number of aliphatic imine (C=N–C) groups is 1. The van der Waals surface area contributed by atoms with Gasteiger partial charge in [-0.2, -0.15) is 0 Å². The second kappa shape index (κ2) is 7.60. The van der Waals surface area contributed by atoms with E-state index in [9.17, 15) is 0 Å². The molecule has 0 heterocycles. The van der Waals surface area contributed by atoms with Gasteiger partial charge >= 0.3 is 0 Å². The van der Waals surface area contributed by atoms with Gasteiger partial charge in [0.1, 0.15) is 0 Å². The smallest absolute Gasteiger partial charge is 0.191 e. The zero-order valence-corrected chi connectivity index (χ0v) is 15.4. The largest absolute Gasteiger partial charge is 0.378 e. The summed E-state index contributed by atoms with van der Waals surface area (Å²) in [5, 5.41) is 6.93. The number of guanidine groups is 1. The average Bonchev–Trinajstić information content (AvgIpc) is 3.44. The van der Waals surface area contributed by atoms with E-state index in [2.05, 4.69) is 89.2 Å². The molecule has 2 N–H and O–H groups in total. The lowest BCUT2D eigenvalue weighted by Crippen LogP contribution is -2.40. The minimum atomic E-state index is 0.281. The van der Waals surface area contributed by atoms with Gasteiger partial charge in [0, 0.05) is 45.3 Å². The Balaban J connectivity index is 1.55. The first-order valence-electron chi connectivity index (χ1n) is 8.89. The highest BCUT2D eigenvalue weighted by molar-refractivity contribution is 5.79. The fraction of sp³-hybridized carbons (Fsp3) is 0.381. The van der Waals surface area contributed by atoms with Crippen LogP contribution in [0.15, 0.2) is 59.6 Å². The van der Waals surface area contributed by atoms with E-state index in [0.29, 0.717) is 0 Å². The van der Waals surface area contributed by atoms with Crippen LogP contribution in [-0.2, 0) is 12.0 Å². The summed E-state index contributed by atoms with van der Waals surface area (Å²) in [6, 6.07) is 19.3. The molecule has 25 heavy (non-hydrogen) atoms. The lowest BCUT2D eigenvalue weighted by atomic mass is 9.96. The van der Waals surface area contributed by atoms with Gasteiger partial charge in [0.05, 0.1) is 0 Å². The maximum Gasteiger partial charge on any atom is 0.191 e. The third-order valence-electron chi connectivity index (χ3n) is 4.94. The van der Waals surface area contributed by atoms with E-state index >= 15 is 0 Å². The highest BCUT2D eigenvalue weighted by Gasteiger charge is 2.43. The topological polar surface area (TPSA) is 39.7 Å². The predicted molar refractivity (Wildman–Crippen MR) is 106 cm³/mol. The van der Waals surface area contributed by atoms with Crippen molar-refractivity contribution in [3.05, 3.63) is 65.7 Å². The molecule has 3 rings (SSSR count). The molecular formula is C21H28N4. The maximum atomic E-state index is 4.37. The Morgan fingerprint density at radius 1 is 1.04 bits per heavy atom. The zero-order valence-electron chi connectivity index (χ0n) is 15.4. The summed E-state index contributed by atoms with van der Waals surface area (Å²) in [6.07, 6.45) is 2.48. The minimum Gasteiger partial charge on any atom is -0.378 e. The summed E-state index contributed by atoms with van der Waals surface area (Å²) in [5.41, 5.74) is 4.17. The van der Waals surface area contributed by atoms with Crippen LogP contribution in [0.1, 0.15) is 24.0 Å². The summed E-state index contributed by atoms with van der Waals surface area (Å²) >= 11 is 0. The van der Waals surface area contributed by atoms with Gasteiger partial charge in [0.15, 0.2) is 5.96 Å². The first kappa shape index (κ1) is 17.3. The lowest BCUT2D eigenvalue weighted by molar-refractivity contribution is 0.645. The molecule has 4 heteroatoms. The van der Waals surface area contributed by atoms with Crippen molar-refractivity contribution in [2.45, 2.75) is 24.8 Å². The number of rotatable bonds is 6. The van der Waals surface area contributed by atoms with E-state index in [4.69, 9.17) is 0 Å². The number of hydrogen-bond donors (Lipinski definition) is 2. The Bertz CT molecular complexity index is 718. The van der Waals surface area contributed by atoms with E-state index in [-0.39, 0.29) is 5.41 Å². The van der Waals surface area contributed by atoms with E-state index < -0.39 is 0 Å². The number of benzene rings is 2. The van der Waals surface area contributed by atoms with Crippen LogP contribution in [0.5, 0.6) is 0 Å². The monoisotopic (exact) mass is 336 g/mol. The van der Waals surface area contributed by atoms with Crippen LogP contribution < -0.4 is 15.5 Å². The first-order chi connectivity index (χ1) is 12.1. The Morgan fingerprint density at radius 3 is 2.44 bits per heavy atom. The van der Waals surface area contributed by atoms with Gasteiger partial charge in [-0.25, -0.2) is 0 Å². The van der Waals surface area contributed by atoms with Crippen molar-refractivity contribution in [1.29, 1.82) is 0 Å². The number of anilines is 1. The van der Waals surface area contributed by atoms with Gasteiger partial charge < -0.3 is 15.5 Å². The van der Waals surface area contributed by atoms with Crippen molar-refractivity contribution in [2.24, 2.45) is 4.99 Å². The Kier molecular flexibility index (Phi) is 5.27. The highest BCUT2D eigenvalue weighted by atomic mass is 15.2. The molecule has 4 nitrogen and oxygen atoms in total. The molecule has 0 atom stereocenters. The quantitative estimate of drug-likeness (QED) is 0.629. The summed E-state index contributed by atoms with van der Waals surface area (Å²) in [4.78, 5) is 6.49. The van der Waals surface area contributed by atoms with E-state index in [1.807, 2.05) is 7.05 Å². The van der Waals surface area contributed by atoms with Crippen molar-refractivity contribution >= 4 is 11.6 Å². The van der Waals surface area contributed by atoms with Crippen LogP contribution in [0.4, 0.5) is 5.69 Å². The number of nitrogens with one attached hydrogen (secondary N) is 2. The van der Waals surface area contributed by atoms with Gasteiger partial charge in [-0.1, -0.05) is 42.5 Å². The molecule has 0 bridgehead atoms. The summed E-state index contributed by atoms with van der Waals surface area (Å²) in [5.74, 6) is 0.859. The Hall–Kier alpha value is -2.49. The molecule has 2 aromatic rings. The maximum absolute atomic E-state index is 4.37. The van der Waals surface area contributed by atoms with Crippen molar-refractivity contribution < 1.29 is 0 Å². The third-order valence-corrected chi connectivity index (χ3v) is 4.94. The predicted octanol–water partition coefficient (Wildman–Crippen LogP) is 3.15. The van der Waals surface area contributed by atoms with Gasteiger partial charge in [0.25, 0.3) is 0 Å². The van der Waals surface area contributed by atoms with Crippen molar-refractivity contribution in [3.8, 4) is 0 Å². The zero-order chi connectivity index (χ0) is 17.7. The van der Waals surface area contributed by atoms with E-state index in [0.717, 1.165) is 19.0 Å². The molecule has 2 aromatic carbocycles. The molecule has 1 aliphatic carbocycles. The van der Waals surface area contributed by atoms with Gasteiger partial charge in [-0.3, -0.25) is 4.99 Å². The Morgan fingerprint density at radius 2 is 1.80 bits per heavy atom. The fourth-order valence-corrected chi connectivity index (χ4v) is 3.11. The minimum absolute atomic E-state index is 0.281. The second-order valence-electron chi connectivity index (χ2n) is 6.99. The lowest BCUT2D eigenvalue weighted by Gasteiger charge is -2.19. The van der Waals surface area contributed by atoms with Gasteiger partial charge in [-0.05, 0) is 36.1 Å². The molecule has 1 fully saturated rings. The van der Waals surface area contributed by atoms with Crippen LogP contribution in [0.25, 0.3) is 0 Å². The number of nitrogens with zero attached hydrogens (tertiary/aromatic N) is 2. The van der Waals surface area contributed by atoms with E-state index in [1.165, 1.54) is 29.7 Å². The second-order valence-corrected chi connectivity index (χ2v) is 6.99. The summed E-state index contributed by atoms with van der Waals surface area (Å²) < 4.78 is 0. The summed E-state index contributed by atoms with van der Waals surface area (Å²) in [7, 11) is 5.95. The molecular weight excluding hydrogens is 308 g/mol. The molecule has 1 aliphatic rings. The molecule has 0 spiro atoms. The van der Waals surface area contributed by atoms with Crippen molar-refractivity contribution in [3.63, 3.8) is 0 Å². The standard InChI is InChI=1S/C21H28N4/c1-22-20(23-15-17-8-7-11-19(14-17)25(2)3)24-16-21(12-13-21)18-9-5-4-6-10-18/h4-11,14H,12-13,15-16H2,1-3H3,(H2,22,23,24). The molecule has 0 aliphatic heterocycles. The molecule has 0 aromatic heterocycles. The van der Waals surface area contributed by atoms with Crippen molar-refractivity contribution in [2.75, 3.05) is 32.6 Å². The fourth-order valence-electron chi connectivity index (χ4n) is 3.11. The van der Waals surface area contributed by atoms with Gasteiger partial charge in [-0.15, -0.1) is 0 Å². The van der Waals surface area contributed by atoms with Crippen LogP contribution in [-0.4, -0.2) is 33.6 Å². The van der Waals surface area contributed by atoms with Crippen LogP contribution >= 0.6 is 0 Å². The number of hydrogen-bond acceptors (Lipinski definition) is 2. The Labute approximate surface area is 151 Å². The average molecular weight is 336 g/mol. The van der Waals surface area contributed by atoms with E-state index in [1.54, 1.807) is 0 Å². The van der Waals surface area contributed by atoms with Crippen LogP contribution in [0.2, 0.25) is 0 Å². The third kappa shape index (κ3) is 4.32. The molecule has 0 radical (unpaired) electrons. The van der Waals surface area contributed by atoms with Crippen LogP contribution in [0, 0.1) is 0 Å². The first-order valence-corrected chi connectivity index (χ1v) is 8.89. The van der Waals surface area contributed by atoms with Crippen LogP contribution in [0.3, 0.4) is 0 Å². The molecule has 0 saturated heterocycles. The highest BCUT2D eigenvalue weighted by Crippen LogP contribution is 2.47. The molecule has 1 saturated carbocycles. The SMILES string of the molecule is CN=C(NCc1cccc(N(C)C)c1)NCC1(c2ccccc2)CC1. The summed E-state index contributed by atoms with van der Waals surface area (Å²) in [6.45, 7) is 1.69.